The van der Waals surface area contributed by atoms with Crippen LogP contribution in [0.25, 0.3) is 0 Å². The lowest BCUT2D eigenvalue weighted by molar-refractivity contribution is 0.399. The Kier molecular flexibility index (Phi) is 3.38. The van der Waals surface area contributed by atoms with Gasteiger partial charge in [-0.25, -0.2) is 4.98 Å². The molecule has 1 aliphatic rings. The lowest BCUT2D eigenvalue weighted by atomic mass is 9.88. The number of benzene rings is 1. The van der Waals surface area contributed by atoms with Crippen molar-refractivity contribution < 1.29 is 0 Å². The van der Waals surface area contributed by atoms with Gasteiger partial charge in [-0.2, -0.15) is 0 Å². The second-order valence-corrected chi connectivity index (χ2v) is 5.49. The Morgan fingerprint density at radius 3 is 2.84 bits per heavy atom. The highest BCUT2D eigenvalue weighted by Gasteiger charge is 2.21. The second-order valence-electron chi connectivity index (χ2n) is 5.49. The molecule has 3 rings (SSSR count). The third kappa shape index (κ3) is 2.56. The van der Waals surface area contributed by atoms with Gasteiger partial charge >= 0.3 is 0 Å². The minimum absolute atomic E-state index is 0.301. The standard InChI is InChI=1S/C16H21N3/c1-12(16-17-9-10-19(16)2)18-15-8-7-13-5-3-4-6-14(13)11-15/h3-6,9-10,12,15,18H,7-8,11H2,1-2H3. The highest BCUT2D eigenvalue weighted by Crippen LogP contribution is 2.22. The summed E-state index contributed by atoms with van der Waals surface area (Å²) in [4.78, 5) is 4.43. The van der Waals surface area contributed by atoms with E-state index >= 15 is 0 Å². The molecule has 2 atom stereocenters. The predicted molar refractivity (Wildman–Crippen MR) is 77.0 cm³/mol. The molecule has 0 saturated carbocycles. The smallest absolute Gasteiger partial charge is 0.125 e. The molecule has 3 nitrogen and oxygen atoms in total. The average molecular weight is 255 g/mol. The minimum Gasteiger partial charge on any atom is -0.337 e. The fraction of sp³-hybridized carbons (Fsp3) is 0.438. The highest BCUT2D eigenvalue weighted by atomic mass is 15.1. The van der Waals surface area contributed by atoms with E-state index in [1.165, 1.54) is 24.0 Å². The highest BCUT2D eigenvalue weighted by molar-refractivity contribution is 5.30. The van der Waals surface area contributed by atoms with E-state index in [4.69, 9.17) is 0 Å². The first-order valence-electron chi connectivity index (χ1n) is 7.04. The van der Waals surface area contributed by atoms with Crippen molar-refractivity contribution in [1.29, 1.82) is 0 Å². The Hall–Kier alpha value is -1.61. The molecule has 19 heavy (non-hydrogen) atoms. The molecule has 100 valence electrons. The van der Waals surface area contributed by atoms with Crippen LogP contribution in [0.1, 0.15) is 36.3 Å². The molecule has 2 aromatic rings. The van der Waals surface area contributed by atoms with Gasteiger partial charge in [0.15, 0.2) is 0 Å². The van der Waals surface area contributed by atoms with Gasteiger partial charge < -0.3 is 9.88 Å². The minimum atomic E-state index is 0.301. The van der Waals surface area contributed by atoms with Crippen LogP contribution in [0.5, 0.6) is 0 Å². The van der Waals surface area contributed by atoms with Gasteiger partial charge in [0.2, 0.25) is 0 Å². The quantitative estimate of drug-likeness (QED) is 0.913. The maximum absolute atomic E-state index is 4.43. The van der Waals surface area contributed by atoms with Gasteiger partial charge in [0.05, 0.1) is 6.04 Å². The number of aromatic nitrogens is 2. The maximum atomic E-state index is 4.43. The Balaban J connectivity index is 1.68. The van der Waals surface area contributed by atoms with E-state index in [0.29, 0.717) is 12.1 Å². The van der Waals surface area contributed by atoms with Crippen LogP contribution in [-0.4, -0.2) is 15.6 Å². The van der Waals surface area contributed by atoms with Crippen molar-refractivity contribution in [2.24, 2.45) is 7.05 Å². The third-order valence-corrected chi connectivity index (χ3v) is 4.08. The first-order chi connectivity index (χ1) is 9.24. The summed E-state index contributed by atoms with van der Waals surface area (Å²) >= 11 is 0. The molecule has 1 aromatic carbocycles. The Labute approximate surface area is 114 Å². The Morgan fingerprint density at radius 2 is 2.11 bits per heavy atom. The van der Waals surface area contributed by atoms with Crippen LogP contribution < -0.4 is 5.32 Å². The number of nitrogens with zero attached hydrogens (tertiary/aromatic N) is 2. The molecule has 1 heterocycles. The van der Waals surface area contributed by atoms with Crippen molar-refractivity contribution in [3.8, 4) is 0 Å². The zero-order chi connectivity index (χ0) is 13.2. The van der Waals surface area contributed by atoms with Gasteiger partial charge in [0, 0.05) is 25.5 Å². The molecule has 0 aliphatic heterocycles. The molecule has 1 aliphatic carbocycles. The molecule has 0 saturated heterocycles. The molecular formula is C16H21N3. The molecule has 0 spiro atoms. The van der Waals surface area contributed by atoms with Crippen LogP contribution in [-0.2, 0) is 19.9 Å². The molecule has 1 N–H and O–H groups in total. The van der Waals surface area contributed by atoms with E-state index < -0.39 is 0 Å². The molecular weight excluding hydrogens is 234 g/mol. The van der Waals surface area contributed by atoms with Crippen molar-refractivity contribution in [1.82, 2.24) is 14.9 Å². The number of fused-ring (bicyclic) bond motifs is 1. The normalized spacial score (nSPS) is 20.0. The van der Waals surface area contributed by atoms with Crippen molar-refractivity contribution in [3.63, 3.8) is 0 Å². The van der Waals surface area contributed by atoms with Crippen molar-refractivity contribution >= 4 is 0 Å². The van der Waals surface area contributed by atoms with Crippen LogP contribution >= 0.6 is 0 Å². The lowest BCUT2D eigenvalue weighted by Gasteiger charge is -2.28. The average Bonchev–Trinajstić information content (AvgIpc) is 2.85. The number of hydrogen-bond acceptors (Lipinski definition) is 2. The van der Waals surface area contributed by atoms with Crippen LogP contribution in [0.3, 0.4) is 0 Å². The zero-order valence-corrected chi connectivity index (χ0v) is 11.6. The van der Waals surface area contributed by atoms with E-state index in [1.807, 2.05) is 12.4 Å². The Morgan fingerprint density at radius 1 is 1.32 bits per heavy atom. The molecule has 0 amide bonds. The number of nitrogens with one attached hydrogen (secondary N) is 1. The summed E-state index contributed by atoms with van der Waals surface area (Å²) in [6.45, 7) is 2.20. The summed E-state index contributed by atoms with van der Waals surface area (Å²) in [5.74, 6) is 1.11. The summed E-state index contributed by atoms with van der Waals surface area (Å²) in [7, 11) is 2.05. The van der Waals surface area contributed by atoms with Gasteiger partial charge in [-0.1, -0.05) is 24.3 Å². The van der Waals surface area contributed by atoms with E-state index in [-0.39, 0.29) is 0 Å². The van der Waals surface area contributed by atoms with Crippen LogP contribution in [0.4, 0.5) is 0 Å². The number of aryl methyl sites for hydroxylation is 2. The SMILES string of the molecule is CC(NC1CCc2ccccc2C1)c1nccn1C. The summed E-state index contributed by atoms with van der Waals surface area (Å²) in [5.41, 5.74) is 3.02. The van der Waals surface area contributed by atoms with E-state index in [0.717, 1.165) is 12.2 Å². The first kappa shape index (κ1) is 12.4. The van der Waals surface area contributed by atoms with Gasteiger partial charge in [-0.05, 0) is 37.3 Å². The van der Waals surface area contributed by atoms with Gasteiger partial charge in [0.1, 0.15) is 5.82 Å². The number of imidazole rings is 1. The third-order valence-electron chi connectivity index (χ3n) is 4.08. The van der Waals surface area contributed by atoms with Gasteiger partial charge in [0.25, 0.3) is 0 Å². The molecule has 2 unspecified atom stereocenters. The molecule has 0 fully saturated rings. The van der Waals surface area contributed by atoms with Crippen molar-refractivity contribution in [2.75, 3.05) is 0 Å². The summed E-state index contributed by atoms with van der Waals surface area (Å²) < 4.78 is 2.09. The Bertz CT molecular complexity index is 559. The van der Waals surface area contributed by atoms with E-state index in [9.17, 15) is 0 Å². The lowest BCUT2D eigenvalue weighted by Crippen LogP contribution is -2.37. The summed E-state index contributed by atoms with van der Waals surface area (Å²) in [5, 5.41) is 3.72. The molecule has 3 heteroatoms. The molecule has 1 aromatic heterocycles. The molecule has 0 radical (unpaired) electrons. The fourth-order valence-corrected chi connectivity index (χ4v) is 3.06. The van der Waals surface area contributed by atoms with E-state index in [2.05, 4.69) is 53.1 Å². The first-order valence-corrected chi connectivity index (χ1v) is 7.04. The van der Waals surface area contributed by atoms with Crippen molar-refractivity contribution in [2.45, 2.75) is 38.3 Å². The monoisotopic (exact) mass is 255 g/mol. The maximum Gasteiger partial charge on any atom is 0.125 e. The second kappa shape index (κ2) is 5.17. The zero-order valence-electron chi connectivity index (χ0n) is 11.6. The fourth-order valence-electron chi connectivity index (χ4n) is 3.06. The largest absolute Gasteiger partial charge is 0.337 e. The summed E-state index contributed by atoms with van der Waals surface area (Å²) in [6, 6.07) is 9.66. The van der Waals surface area contributed by atoms with Crippen LogP contribution in [0.15, 0.2) is 36.7 Å². The number of rotatable bonds is 3. The number of hydrogen-bond donors (Lipinski definition) is 1. The van der Waals surface area contributed by atoms with E-state index in [1.54, 1.807) is 0 Å². The van der Waals surface area contributed by atoms with Crippen LogP contribution in [0.2, 0.25) is 0 Å². The van der Waals surface area contributed by atoms with Gasteiger partial charge in [-0.15, -0.1) is 0 Å². The summed E-state index contributed by atoms with van der Waals surface area (Å²) in [6.07, 6.45) is 7.39. The van der Waals surface area contributed by atoms with Gasteiger partial charge in [-0.3, -0.25) is 0 Å². The molecule has 0 bridgehead atoms. The van der Waals surface area contributed by atoms with Crippen molar-refractivity contribution in [3.05, 3.63) is 53.6 Å². The topological polar surface area (TPSA) is 29.9 Å². The predicted octanol–water partition coefficient (Wildman–Crippen LogP) is 2.63. The van der Waals surface area contributed by atoms with Crippen LogP contribution in [0, 0.1) is 0 Å².